The summed E-state index contributed by atoms with van der Waals surface area (Å²) in [7, 11) is 0. The highest BCUT2D eigenvalue weighted by atomic mass is 19.1. The van der Waals surface area contributed by atoms with E-state index in [-0.39, 0.29) is 17.1 Å². The number of rotatable bonds is 4. The molecule has 19 heavy (non-hydrogen) atoms. The number of nitrogens with two attached hydrogens (primary N) is 1. The molecule has 1 aromatic carbocycles. The topological polar surface area (TPSA) is 82.3 Å². The summed E-state index contributed by atoms with van der Waals surface area (Å²) in [5, 5.41) is 0. The van der Waals surface area contributed by atoms with Gasteiger partial charge in [0.25, 0.3) is 5.91 Å². The third-order valence-corrected chi connectivity index (χ3v) is 2.35. The molecule has 1 heterocycles. The van der Waals surface area contributed by atoms with Crippen LogP contribution in [-0.2, 0) is 0 Å². The zero-order chi connectivity index (χ0) is 13.8. The molecule has 0 radical (unpaired) electrons. The van der Waals surface area contributed by atoms with Crippen molar-refractivity contribution < 1.29 is 18.7 Å². The first-order valence-corrected chi connectivity index (χ1v) is 5.28. The molecule has 0 bridgehead atoms. The highest BCUT2D eigenvalue weighted by molar-refractivity contribution is 5.95. The quantitative estimate of drug-likeness (QED) is 0.851. The Morgan fingerprint density at radius 1 is 1.26 bits per heavy atom. The zero-order valence-corrected chi connectivity index (χ0v) is 9.67. The number of aromatic nitrogens is 1. The van der Waals surface area contributed by atoms with Crippen LogP contribution in [0.4, 0.5) is 4.39 Å². The van der Waals surface area contributed by atoms with E-state index in [0.717, 1.165) is 12.4 Å². The molecule has 96 valence electrons. The number of ether oxygens (including phenoxy) is 1. The molecule has 0 fully saturated rings. The zero-order valence-electron chi connectivity index (χ0n) is 9.67. The molecular weight excluding hydrogens is 251 g/mol. The Labute approximate surface area is 107 Å². The first-order chi connectivity index (χ1) is 9.11. The molecular formula is C13H9FN2O3. The van der Waals surface area contributed by atoms with Crippen molar-refractivity contribution in [3.63, 3.8) is 0 Å². The lowest BCUT2D eigenvalue weighted by Crippen LogP contribution is -2.13. The Kier molecular flexibility index (Phi) is 3.51. The van der Waals surface area contributed by atoms with Gasteiger partial charge in [0.15, 0.2) is 11.6 Å². The van der Waals surface area contributed by atoms with Gasteiger partial charge in [-0.1, -0.05) is 0 Å². The number of benzene rings is 1. The van der Waals surface area contributed by atoms with E-state index in [1.165, 1.54) is 24.3 Å². The number of carbonyl (C=O) groups excluding carboxylic acids is 2. The molecule has 5 nitrogen and oxygen atoms in total. The molecule has 2 N–H and O–H groups in total. The average Bonchev–Trinajstić information content (AvgIpc) is 2.41. The highest BCUT2D eigenvalue weighted by Gasteiger charge is 2.15. The lowest BCUT2D eigenvalue weighted by molar-refractivity contribution is 0.0996. The molecule has 6 heteroatoms. The van der Waals surface area contributed by atoms with Crippen molar-refractivity contribution in [3.8, 4) is 11.5 Å². The maximum Gasteiger partial charge on any atom is 0.254 e. The van der Waals surface area contributed by atoms with E-state index in [0.29, 0.717) is 11.8 Å². The minimum absolute atomic E-state index is 0.153. The van der Waals surface area contributed by atoms with Crippen LogP contribution in [0, 0.1) is 5.82 Å². The fourth-order valence-electron chi connectivity index (χ4n) is 1.43. The number of carbonyl (C=O) groups is 2. The van der Waals surface area contributed by atoms with E-state index < -0.39 is 11.7 Å². The molecule has 1 aromatic heterocycles. The van der Waals surface area contributed by atoms with E-state index in [1.807, 2.05) is 0 Å². The maximum absolute atomic E-state index is 13.6. The minimum atomic E-state index is -0.841. The van der Waals surface area contributed by atoms with Crippen LogP contribution in [-0.4, -0.2) is 17.2 Å². The predicted octanol–water partition coefficient (Wildman–Crippen LogP) is 1.92. The van der Waals surface area contributed by atoms with Gasteiger partial charge in [-0.2, -0.15) is 0 Å². The fraction of sp³-hybridized carbons (Fsp3) is 0. The Bertz CT molecular complexity index is 626. The summed E-state index contributed by atoms with van der Waals surface area (Å²) >= 11 is 0. The van der Waals surface area contributed by atoms with Crippen molar-refractivity contribution in [2.24, 2.45) is 5.73 Å². The number of primary amides is 1. The van der Waals surface area contributed by atoms with E-state index in [2.05, 4.69) is 4.98 Å². The van der Waals surface area contributed by atoms with Crippen molar-refractivity contribution in [2.75, 3.05) is 0 Å². The first kappa shape index (κ1) is 12.7. The Morgan fingerprint density at radius 3 is 2.53 bits per heavy atom. The molecule has 2 rings (SSSR count). The number of halogens is 1. The molecule has 0 spiro atoms. The van der Waals surface area contributed by atoms with E-state index in [1.54, 1.807) is 0 Å². The second-order valence-corrected chi connectivity index (χ2v) is 3.65. The molecule has 1 amide bonds. The largest absolute Gasteiger partial charge is 0.453 e. The van der Waals surface area contributed by atoms with Crippen LogP contribution in [0.1, 0.15) is 20.7 Å². The molecule has 0 saturated heterocycles. The number of pyridine rings is 1. The van der Waals surface area contributed by atoms with Gasteiger partial charge in [-0.25, -0.2) is 4.39 Å². The molecule has 0 aliphatic carbocycles. The van der Waals surface area contributed by atoms with E-state index in [9.17, 15) is 14.0 Å². The lowest BCUT2D eigenvalue weighted by Gasteiger charge is -2.09. The van der Waals surface area contributed by atoms with Crippen molar-refractivity contribution >= 4 is 12.2 Å². The SMILES string of the molecule is NC(=O)c1cncc(F)c1Oc1ccc(C=O)cc1. The van der Waals surface area contributed by atoms with Crippen molar-refractivity contribution in [1.82, 2.24) is 4.98 Å². The number of hydrogen-bond donors (Lipinski definition) is 1. The molecule has 0 unspecified atom stereocenters. The summed E-state index contributed by atoms with van der Waals surface area (Å²) < 4.78 is 18.9. The smallest absolute Gasteiger partial charge is 0.254 e. The fourth-order valence-corrected chi connectivity index (χ4v) is 1.43. The van der Waals surface area contributed by atoms with Gasteiger partial charge < -0.3 is 10.5 Å². The average molecular weight is 260 g/mol. The standard InChI is InChI=1S/C13H9FN2O3/c14-11-6-16-5-10(13(15)18)12(11)19-9-3-1-8(7-17)2-4-9/h1-7H,(H2,15,18). The van der Waals surface area contributed by atoms with Crippen LogP contribution in [0.15, 0.2) is 36.7 Å². The van der Waals surface area contributed by atoms with Gasteiger partial charge in [-0.05, 0) is 24.3 Å². The number of nitrogens with zero attached hydrogens (tertiary/aromatic N) is 1. The summed E-state index contributed by atoms with van der Waals surface area (Å²) in [6.45, 7) is 0. The maximum atomic E-state index is 13.6. The lowest BCUT2D eigenvalue weighted by atomic mass is 10.2. The molecule has 0 saturated carbocycles. The van der Waals surface area contributed by atoms with Crippen molar-refractivity contribution in [2.45, 2.75) is 0 Å². The molecule has 0 aliphatic rings. The highest BCUT2D eigenvalue weighted by Crippen LogP contribution is 2.27. The number of amides is 1. The monoisotopic (exact) mass is 260 g/mol. The van der Waals surface area contributed by atoms with Gasteiger partial charge in [0.05, 0.1) is 6.20 Å². The minimum Gasteiger partial charge on any atom is -0.453 e. The third-order valence-electron chi connectivity index (χ3n) is 2.35. The van der Waals surface area contributed by atoms with E-state index in [4.69, 9.17) is 10.5 Å². The van der Waals surface area contributed by atoms with Crippen LogP contribution in [0.25, 0.3) is 0 Å². The van der Waals surface area contributed by atoms with Crippen LogP contribution in [0.5, 0.6) is 11.5 Å². The Morgan fingerprint density at radius 2 is 1.95 bits per heavy atom. The van der Waals surface area contributed by atoms with Crippen LogP contribution < -0.4 is 10.5 Å². The van der Waals surface area contributed by atoms with Gasteiger partial charge in [-0.3, -0.25) is 14.6 Å². The van der Waals surface area contributed by atoms with Crippen LogP contribution in [0.2, 0.25) is 0 Å². The predicted molar refractivity (Wildman–Crippen MR) is 64.6 cm³/mol. The van der Waals surface area contributed by atoms with Crippen molar-refractivity contribution in [1.29, 1.82) is 0 Å². The summed E-state index contributed by atoms with van der Waals surface area (Å²) in [5.74, 6) is -1.65. The van der Waals surface area contributed by atoms with Gasteiger partial charge in [0.2, 0.25) is 0 Å². The summed E-state index contributed by atoms with van der Waals surface area (Å²) in [6, 6.07) is 5.97. The normalized spacial score (nSPS) is 9.95. The van der Waals surface area contributed by atoms with Gasteiger partial charge in [0.1, 0.15) is 17.6 Å². The van der Waals surface area contributed by atoms with Crippen LogP contribution in [0.3, 0.4) is 0 Å². The van der Waals surface area contributed by atoms with Gasteiger partial charge >= 0.3 is 0 Å². The second kappa shape index (κ2) is 5.26. The van der Waals surface area contributed by atoms with Gasteiger partial charge in [0, 0.05) is 11.8 Å². The molecule has 2 aromatic rings. The summed E-state index contributed by atoms with van der Waals surface area (Å²) in [4.78, 5) is 25.2. The van der Waals surface area contributed by atoms with Crippen LogP contribution >= 0.6 is 0 Å². The Balaban J connectivity index is 2.36. The second-order valence-electron chi connectivity index (χ2n) is 3.65. The van der Waals surface area contributed by atoms with Crippen molar-refractivity contribution in [3.05, 3.63) is 53.6 Å². The number of hydrogen-bond acceptors (Lipinski definition) is 4. The summed E-state index contributed by atoms with van der Waals surface area (Å²) in [5.41, 5.74) is 5.41. The van der Waals surface area contributed by atoms with Gasteiger partial charge in [-0.15, -0.1) is 0 Å². The number of aldehydes is 1. The Hall–Kier alpha value is -2.76. The summed E-state index contributed by atoms with van der Waals surface area (Å²) in [6.07, 6.45) is 2.72. The van der Waals surface area contributed by atoms with E-state index >= 15 is 0 Å². The molecule has 0 aliphatic heterocycles. The third kappa shape index (κ3) is 2.74. The molecule has 0 atom stereocenters. The first-order valence-electron chi connectivity index (χ1n) is 5.28.